The van der Waals surface area contributed by atoms with Crippen LogP contribution >= 0.6 is 0 Å². The number of aromatic nitrogens is 3. The maximum atomic E-state index is 4.82. The Hall–Kier alpha value is -2.80. The molecule has 0 aliphatic heterocycles. The van der Waals surface area contributed by atoms with Gasteiger partial charge in [-0.25, -0.2) is 0 Å². The Balaban J connectivity index is 1.63. The van der Waals surface area contributed by atoms with Crippen LogP contribution in [0.15, 0.2) is 41.8 Å². The molecule has 0 bridgehead atoms. The van der Waals surface area contributed by atoms with E-state index in [2.05, 4.69) is 84.2 Å². The molecule has 3 rings (SSSR count). The number of rotatable bonds is 8. The van der Waals surface area contributed by atoms with Crippen LogP contribution in [0.25, 0.3) is 10.9 Å². The first kappa shape index (κ1) is 20.9. The summed E-state index contributed by atoms with van der Waals surface area (Å²) in [5, 5.41) is 12.4. The van der Waals surface area contributed by atoms with E-state index in [-0.39, 0.29) is 6.04 Å². The van der Waals surface area contributed by atoms with Gasteiger partial charge in [0.05, 0.1) is 18.8 Å². The van der Waals surface area contributed by atoms with Gasteiger partial charge in [0.25, 0.3) is 0 Å². The summed E-state index contributed by atoms with van der Waals surface area (Å²) in [4.78, 5) is 10.4. The maximum Gasteiger partial charge on any atom is 0.191 e. The Morgan fingerprint density at radius 1 is 1.31 bits per heavy atom. The van der Waals surface area contributed by atoms with Crippen molar-refractivity contribution in [1.29, 1.82) is 0 Å². The standard InChI is InChI=1S/C22H33N7/c1-6-23-22(26-14-20(28(3)4)18-13-27-29(5)15-18)24-11-10-17-12-25-21-16(2)8-7-9-19(17)21/h7-9,12-13,15,20,25H,6,10-11,14H2,1-5H3,(H2,23,24,26). The van der Waals surface area contributed by atoms with Crippen molar-refractivity contribution < 1.29 is 0 Å². The van der Waals surface area contributed by atoms with Crippen molar-refractivity contribution in [3.63, 3.8) is 0 Å². The molecule has 1 atom stereocenters. The van der Waals surface area contributed by atoms with Crippen LogP contribution in [0.5, 0.6) is 0 Å². The molecule has 1 unspecified atom stereocenters. The number of aromatic amines is 1. The van der Waals surface area contributed by atoms with E-state index in [1.807, 2.05) is 17.9 Å². The first-order chi connectivity index (χ1) is 14.0. The fourth-order valence-corrected chi connectivity index (χ4v) is 3.58. The molecule has 0 aliphatic rings. The molecule has 29 heavy (non-hydrogen) atoms. The van der Waals surface area contributed by atoms with Crippen LogP contribution in [0.1, 0.15) is 29.7 Å². The number of fused-ring (bicyclic) bond motifs is 1. The number of guanidine groups is 1. The quantitative estimate of drug-likeness (QED) is 0.405. The van der Waals surface area contributed by atoms with Crippen molar-refractivity contribution in [3.8, 4) is 0 Å². The minimum Gasteiger partial charge on any atom is -0.361 e. The topological polar surface area (TPSA) is 73.3 Å². The molecule has 0 radical (unpaired) electrons. The average molecular weight is 396 g/mol. The van der Waals surface area contributed by atoms with Crippen molar-refractivity contribution in [2.24, 2.45) is 12.0 Å². The molecule has 7 nitrogen and oxygen atoms in total. The monoisotopic (exact) mass is 395 g/mol. The highest BCUT2D eigenvalue weighted by atomic mass is 15.2. The van der Waals surface area contributed by atoms with Crippen LogP contribution in [-0.4, -0.2) is 59.4 Å². The van der Waals surface area contributed by atoms with Gasteiger partial charge in [-0.2, -0.15) is 5.10 Å². The molecule has 0 fully saturated rings. The highest BCUT2D eigenvalue weighted by molar-refractivity contribution is 5.86. The number of nitrogens with one attached hydrogen (secondary N) is 3. The van der Waals surface area contributed by atoms with Crippen LogP contribution < -0.4 is 10.6 Å². The summed E-state index contributed by atoms with van der Waals surface area (Å²) in [6.07, 6.45) is 7.03. The van der Waals surface area contributed by atoms with Crippen LogP contribution in [0.4, 0.5) is 0 Å². The summed E-state index contributed by atoms with van der Waals surface area (Å²) < 4.78 is 1.84. The zero-order valence-corrected chi connectivity index (χ0v) is 18.2. The fourth-order valence-electron chi connectivity index (χ4n) is 3.58. The molecule has 3 N–H and O–H groups in total. The summed E-state index contributed by atoms with van der Waals surface area (Å²) in [6, 6.07) is 6.63. The first-order valence-electron chi connectivity index (χ1n) is 10.2. The van der Waals surface area contributed by atoms with Crippen molar-refractivity contribution in [3.05, 3.63) is 53.5 Å². The van der Waals surface area contributed by atoms with Crippen molar-refractivity contribution in [2.45, 2.75) is 26.3 Å². The summed E-state index contributed by atoms with van der Waals surface area (Å²) in [6.45, 7) is 6.55. The molecule has 0 spiro atoms. The number of hydrogen-bond donors (Lipinski definition) is 3. The molecule has 0 saturated heterocycles. The Bertz CT molecular complexity index is 951. The number of aryl methyl sites for hydroxylation is 2. The van der Waals surface area contributed by atoms with Gasteiger partial charge in [-0.3, -0.25) is 9.67 Å². The van der Waals surface area contributed by atoms with Crippen LogP contribution in [0.3, 0.4) is 0 Å². The van der Waals surface area contributed by atoms with Gasteiger partial charge in [0.15, 0.2) is 5.96 Å². The van der Waals surface area contributed by atoms with Crippen LogP contribution in [0, 0.1) is 6.92 Å². The molecule has 2 heterocycles. The lowest BCUT2D eigenvalue weighted by Crippen LogP contribution is -2.39. The third-order valence-corrected chi connectivity index (χ3v) is 5.20. The summed E-state index contributed by atoms with van der Waals surface area (Å²) in [7, 11) is 6.09. The minimum atomic E-state index is 0.191. The van der Waals surface area contributed by atoms with Crippen molar-refractivity contribution in [1.82, 2.24) is 30.3 Å². The average Bonchev–Trinajstić information content (AvgIpc) is 3.29. The van der Waals surface area contributed by atoms with Gasteiger partial charge in [-0.05, 0) is 45.5 Å². The highest BCUT2D eigenvalue weighted by Gasteiger charge is 2.15. The van der Waals surface area contributed by atoms with E-state index in [1.54, 1.807) is 0 Å². The summed E-state index contributed by atoms with van der Waals surface area (Å²) in [5.41, 5.74) is 5.01. The number of H-pyrrole nitrogens is 1. The molecular weight excluding hydrogens is 362 g/mol. The molecule has 0 amide bonds. The smallest absolute Gasteiger partial charge is 0.191 e. The Labute approximate surface area is 173 Å². The summed E-state index contributed by atoms with van der Waals surface area (Å²) in [5.74, 6) is 0.847. The second kappa shape index (κ2) is 9.60. The molecule has 7 heteroatoms. The lowest BCUT2D eigenvalue weighted by molar-refractivity contribution is 0.306. The van der Waals surface area contributed by atoms with Gasteiger partial charge in [0, 0.05) is 49.0 Å². The second-order valence-corrected chi connectivity index (χ2v) is 7.63. The van der Waals surface area contributed by atoms with Crippen LogP contribution in [0.2, 0.25) is 0 Å². The minimum absolute atomic E-state index is 0.191. The Morgan fingerprint density at radius 3 is 2.83 bits per heavy atom. The SMILES string of the molecule is CCNC(=NCC(c1cnn(C)c1)N(C)C)NCCc1c[nH]c2c(C)cccc12. The highest BCUT2D eigenvalue weighted by Crippen LogP contribution is 2.21. The molecule has 3 aromatic rings. The second-order valence-electron chi connectivity index (χ2n) is 7.63. The van der Waals surface area contributed by atoms with Crippen molar-refractivity contribution in [2.75, 3.05) is 33.7 Å². The Morgan fingerprint density at radius 2 is 2.14 bits per heavy atom. The normalized spacial score (nSPS) is 13.2. The van der Waals surface area contributed by atoms with E-state index in [4.69, 9.17) is 4.99 Å². The zero-order chi connectivity index (χ0) is 20.8. The Kier molecular flexibility index (Phi) is 6.93. The van der Waals surface area contributed by atoms with Crippen LogP contribution in [-0.2, 0) is 13.5 Å². The largest absolute Gasteiger partial charge is 0.361 e. The van der Waals surface area contributed by atoms with E-state index in [1.165, 1.54) is 27.6 Å². The van der Waals surface area contributed by atoms with Crippen molar-refractivity contribution >= 4 is 16.9 Å². The van der Waals surface area contributed by atoms with Gasteiger partial charge < -0.3 is 20.5 Å². The molecule has 0 aliphatic carbocycles. The van der Waals surface area contributed by atoms with Gasteiger partial charge in [0.1, 0.15) is 0 Å². The van der Waals surface area contributed by atoms with Gasteiger partial charge in [-0.1, -0.05) is 18.2 Å². The predicted octanol–water partition coefficient (Wildman–Crippen LogP) is 2.61. The molecular formula is C22H33N7. The van der Waals surface area contributed by atoms with E-state index in [0.29, 0.717) is 6.54 Å². The fraction of sp³-hybridized carbons (Fsp3) is 0.455. The number of hydrogen-bond acceptors (Lipinski definition) is 3. The van der Waals surface area contributed by atoms with Gasteiger partial charge >= 0.3 is 0 Å². The van der Waals surface area contributed by atoms with E-state index in [0.717, 1.165) is 25.5 Å². The van der Waals surface area contributed by atoms with Gasteiger partial charge in [-0.15, -0.1) is 0 Å². The molecule has 0 saturated carbocycles. The molecule has 2 aromatic heterocycles. The van der Waals surface area contributed by atoms with E-state index < -0.39 is 0 Å². The zero-order valence-electron chi connectivity index (χ0n) is 18.2. The number of nitrogens with zero attached hydrogens (tertiary/aromatic N) is 4. The molecule has 156 valence electrons. The maximum absolute atomic E-state index is 4.82. The first-order valence-corrected chi connectivity index (χ1v) is 10.2. The third-order valence-electron chi connectivity index (χ3n) is 5.20. The van der Waals surface area contributed by atoms with Gasteiger partial charge in [0.2, 0.25) is 0 Å². The van der Waals surface area contributed by atoms with E-state index >= 15 is 0 Å². The lowest BCUT2D eigenvalue weighted by atomic mass is 10.1. The van der Waals surface area contributed by atoms with E-state index in [9.17, 15) is 0 Å². The lowest BCUT2D eigenvalue weighted by Gasteiger charge is -2.22. The number of para-hydroxylation sites is 1. The number of benzene rings is 1. The molecule has 1 aromatic carbocycles. The third kappa shape index (κ3) is 5.17. The summed E-state index contributed by atoms with van der Waals surface area (Å²) >= 11 is 0. The number of aliphatic imine (C=N–C) groups is 1. The number of likely N-dealkylation sites (N-methyl/N-ethyl adjacent to an activating group) is 1. The predicted molar refractivity (Wildman–Crippen MR) is 120 cm³/mol.